The molecule has 0 saturated carbocycles. The van der Waals surface area contributed by atoms with E-state index in [9.17, 15) is 4.79 Å². The molecular formula is C22H22O7. The highest BCUT2D eigenvalue weighted by Gasteiger charge is 2.48. The van der Waals surface area contributed by atoms with Gasteiger partial charge in [-0.15, -0.1) is 0 Å². The van der Waals surface area contributed by atoms with Gasteiger partial charge in [-0.1, -0.05) is 6.07 Å². The van der Waals surface area contributed by atoms with Crippen molar-refractivity contribution in [2.75, 3.05) is 34.7 Å². The maximum Gasteiger partial charge on any atom is 0.231 e. The van der Waals surface area contributed by atoms with Gasteiger partial charge in [0.1, 0.15) is 6.61 Å². The number of hydrogen-bond acceptors (Lipinski definition) is 7. The van der Waals surface area contributed by atoms with Gasteiger partial charge in [0.25, 0.3) is 0 Å². The molecule has 1 saturated heterocycles. The molecular weight excluding hydrogens is 376 g/mol. The minimum Gasteiger partial charge on any atom is -0.493 e. The predicted octanol–water partition coefficient (Wildman–Crippen LogP) is 2.71. The molecule has 3 atom stereocenters. The fourth-order valence-electron chi connectivity index (χ4n) is 4.78. The maximum absolute atomic E-state index is 12.8. The minimum absolute atomic E-state index is 0.108. The van der Waals surface area contributed by atoms with Gasteiger partial charge in [-0.25, -0.2) is 0 Å². The molecule has 2 aliphatic heterocycles. The average molecular weight is 398 g/mol. The van der Waals surface area contributed by atoms with Crippen LogP contribution in [0.25, 0.3) is 0 Å². The second kappa shape index (κ2) is 6.84. The van der Waals surface area contributed by atoms with E-state index in [0.717, 1.165) is 16.7 Å². The topological polar surface area (TPSA) is 72.5 Å². The Morgan fingerprint density at radius 3 is 2.59 bits per heavy atom. The molecule has 3 aliphatic rings. The third-order valence-electron chi connectivity index (χ3n) is 6.04. The summed E-state index contributed by atoms with van der Waals surface area (Å²) >= 11 is 0. The highest BCUT2D eigenvalue weighted by molar-refractivity contribution is 5.87. The Bertz CT molecular complexity index is 984. The van der Waals surface area contributed by atoms with E-state index in [0.29, 0.717) is 35.2 Å². The van der Waals surface area contributed by atoms with E-state index < -0.39 is 0 Å². The van der Waals surface area contributed by atoms with Gasteiger partial charge >= 0.3 is 0 Å². The van der Waals surface area contributed by atoms with E-state index in [4.69, 9.17) is 28.4 Å². The summed E-state index contributed by atoms with van der Waals surface area (Å²) in [6, 6.07) is 7.74. The fraction of sp³-hybridized carbons (Fsp3) is 0.409. The van der Waals surface area contributed by atoms with Gasteiger partial charge in [-0.2, -0.15) is 0 Å². The van der Waals surface area contributed by atoms with Crippen LogP contribution in [0.5, 0.6) is 28.7 Å². The normalized spacial score (nSPS) is 24.1. The lowest BCUT2D eigenvalue weighted by Gasteiger charge is -2.35. The van der Waals surface area contributed by atoms with Gasteiger partial charge in [0.15, 0.2) is 28.8 Å². The van der Waals surface area contributed by atoms with Crippen LogP contribution in [-0.2, 0) is 16.0 Å². The van der Waals surface area contributed by atoms with E-state index in [1.54, 1.807) is 21.3 Å². The second-order valence-electron chi connectivity index (χ2n) is 7.35. The van der Waals surface area contributed by atoms with Crippen LogP contribution in [0.4, 0.5) is 0 Å². The van der Waals surface area contributed by atoms with Crippen LogP contribution in [0.2, 0.25) is 0 Å². The molecule has 7 heteroatoms. The average Bonchev–Trinajstić information content (AvgIpc) is 3.36. The Morgan fingerprint density at radius 1 is 1.00 bits per heavy atom. The Hall–Kier alpha value is -2.93. The number of carbonyl (C=O) groups excluding carboxylic acids is 1. The van der Waals surface area contributed by atoms with E-state index in [1.165, 1.54) is 0 Å². The zero-order valence-corrected chi connectivity index (χ0v) is 16.5. The highest BCUT2D eigenvalue weighted by Crippen LogP contribution is 2.54. The van der Waals surface area contributed by atoms with Crippen molar-refractivity contribution in [1.82, 2.24) is 0 Å². The largest absolute Gasteiger partial charge is 0.493 e. The molecule has 7 nitrogen and oxygen atoms in total. The summed E-state index contributed by atoms with van der Waals surface area (Å²) in [5.41, 5.74) is 2.95. The number of ketones is 1. The van der Waals surface area contributed by atoms with Crippen molar-refractivity contribution in [3.8, 4) is 28.7 Å². The predicted molar refractivity (Wildman–Crippen MR) is 102 cm³/mol. The molecule has 1 aliphatic carbocycles. The molecule has 0 spiro atoms. The van der Waals surface area contributed by atoms with Crippen LogP contribution in [0.3, 0.4) is 0 Å². The third-order valence-corrected chi connectivity index (χ3v) is 6.04. The van der Waals surface area contributed by atoms with Crippen molar-refractivity contribution in [3.05, 3.63) is 41.0 Å². The number of methoxy groups -OCH3 is 3. The molecule has 2 heterocycles. The quantitative estimate of drug-likeness (QED) is 0.784. The first-order chi connectivity index (χ1) is 14.2. The van der Waals surface area contributed by atoms with E-state index in [2.05, 4.69) is 0 Å². The summed E-state index contributed by atoms with van der Waals surface area (Å²) in [6.45, 7) is 0.278. The van der Waals surface area contributed by atoms with Gasteiger partial charge in [-0.3, -0.25) is 4.79 Å². The van der Waals surface area contributed by atoms with E-state index >= 15 is 0 Å². The van der Waals surface area contributed by atoms with Crippen molar-refractivity contribution in [2.45, 2.75) is 18.4 Å². The zero-order chi connectivity index (χ0) is 20.1. The Morgan fingerprint density at radius 2 is 1.83 bits per heavy atom. The minimum atomic E-state index is -0.273. The molecule has 2 aromatic rings. The third kappa shape index (κ3) is 2.64. The Labute approximate surface area is 168 Å². The van der Waals surface area contributed by atoms with Crippen LogP contribution in [0.15, 0.2) is 24.3 Å². The number of Topliss-reactive ketones (excluding diaryl/α,β-unsaturated/α-hetero) is 1. The first-order valence-corrected chi connectivity index (χ1v) is 9.51. The number of fused-ring (bicyclic) bond motifs is 3. The van der Waals surface area contributed by atoms with Crippen LogP contribution in [-0.4, -0.2) is 46.6 Å². The summed E-state index contributed by atoms with van der Waals surface area (Å²) in [5.74, 6) is 2.79. The van der Waals surface area contributed by atoms with Crippen LogP contribution < -0.4 is 23.7 Å². The van der Waals surface area contributed by atoms with Crippen molar-refractivity contribution in [3.63, 3.8) is 0 Å². The van der Waals surface area contributed by atoms with E-state index in [1.807, 2.05) is 24.3 Å². The number of benzene rings is 2. The molecule has 0 radical (unpaired) electrons. The molecule has 1 fully saturated rings. The van der Waals surface area contributed by atoms with Gasteiger partial charge in [0, 0.05) is 17.9 Å². The lowest BCUT2D eigenvalue weighted by molar-refractivity contribution is -0.120. The molecule has 2 aromatic carbocycles. The van der Waals surface area contributed by atoms with Crippen molar-refractivity contribution < 1.29 is 33.2 Å². The van der Waals surface area contributed by atoms with Gasteiger partial charge in [0.05, 0.1) is 33.4 Å². The molecule has 29 heavy (non-hydrogen) atoms. The Kier molecular flexibility index (Phi) is 4.28. The van der Waals surface area contributed by atoms with Crippen LogP contribution >= 0.6 is 0 Å². The van der Waals surface area contributed by atoms with Gasteiger partial charge in [-0.05, 0) is 29.3 Å². The standard InChI is InChI=1S/C22H22O7/c1-24-15-5-4-11(6-16(15)25-2)19-12-7-18-22(29-10-28-18)21(26-3)13(12)8-17-20(19)14(23)9-27-17/h4-7,17,19-20H,8-10H2,1-3H3/t17-,19+,20+/m1/s1. The Balaban J connectivity index is 1.73. The number of rotatable bonds is 4. The summed E-state index contributed by atoms with van der Waals surface area (Å²) in [4.78, 5) is 12.8. The molecule has 152 valence electrons. The molecule has 0 N–H and O–H groups in total. The summed E-state index contributed by atoms with van der Waals surface area (Å²) in [7, 11) is 4.82. The first-order valence-electron chi connectivity index (χ1n) is 9.51. The van der Waals surface area contributed by atoms with Crippen molar-refractivity contribution >= 4 is 5.78 Å². The lowest BCUT2D eigenvalue weighted by Crippen LogP contribution is -2.35. The summed E-state index contributed by atoms with van der Waals surface area (Å²) in [6.07, 6.45) is 0.386. The number of carbonyl (C=O) groups is 1. The molecule has 0 bridgehead atoms. The number of ether oxygens (including phenoxy) is 6. The highest BCUT2D eigenvalue weighted by atomic mass is 16.7. The first kappa shape index (κ1) is 18.1. The van der Waals surface area contributed by atoms with Crippen molar-refractivity contribution in [1.29, 1.82) is 0 Å². The van der Waals surface area contributed by atoms with Gasteiger partial charge in [0.2, 0.25) is 12.5 Å². The monoisotopic (exact) mass is 398 g/mol. The van der Waals surface area contributed by atoms with Crippen LogP contribution in [0, 0.1) is 5.92 Å². The SMILES string of the molecule is COc1ccc([C@H]2c3cc4c(c(OC)c3C[C@H]3OCC(=O)[C@H]23)OCO4)cc1OC. The van der Waals surface area contributed by atoms with Crippen molar-refractivity contribution in [2.24, 2.45) is 5.92 Å². The fourth-order valence-corrected chi connectivity index (χ4v) is 4.78. The second-order valence-corrected chi connectivity index (χ2v) is 7.35. The summed E-state index contributed by atoms with van der Waals surface area (Å²) in [5, 5.41) is 0. The van der Waals surface area contributed by atoms with E-state index in [-0.39, 0.29) is 37.1 Å². The lowest BCUT2D eigenvalue weighted by atomic mass is 9.69. The molecule has 0 amide bonds. The zero-order valence-electron chi connectivity index (χ0n) is 16.5. The van der Waals surface area contributed by atoms with Crippen LogP contribution in [0.1, 0.15) is 22.6 Å². The molecule has 0 aromatic heterocycles. The smallest absolute Gasteiger partial charge is 0.231 e. The molecule has 5 rings (SSSR count). The van der Waals surface area contributed by atoms with Gasteiger partial charge < -0.3 is 28.4 Å². The maximum atomic E-state index is 12.8. The summed E-state index contributed by atoms with van der Waals surface area (Å²) < 4.78 is 33.7. The number of hydrogen-bond donors (Lipinski definition) is 0. The molecule has 0 unspecified atom stereocenters.